The van der Waals surface area contributed by atoms with Crippen LogP contribution in [0.15, 0.2) is 65.1 Å². The number of hydrogen-bond donors (Lipinski definition) is 0. The molecule has 0 radical (unpaired) electrons. The Labute approximate surface area is 105 Å². The Bertz CT molecular complexity index is 621. The maximum Gasteiger partial charge on any atom is 0.248 e. The highest BCUT2D eigenvalue weighted by molar-refractivity contribution is 5.70. The molecule has 1 aliphatic rings. The zero-order chi connectivity index (χ0) is 12.2. The lowest BCUT2D eigenvalue weighted by Crippen LogP contribution is -1.80. The molecule has 88 valence electrons. The van der Waals surface area contributed by atoms with Crippen molar-refractivity contribution in [3.63, 3.8) is 0 Å². The van der Waals surface area contributed by atoms with Gasteiger partial charge in [-0.15, -0.1) is 10.2 Å². The average Bonchev–Trinajstić information content (AvgIpc) is 2.76. The molecule has 0 aliphatic heterocycles. The summed E-state index contributed by atoms with van der Waals surface area (Å²) in [6, 6.07) is 9.78. The molecular formula is C15H12N2O. The lowest BCUT2D eigenvalue weighted by atomic mass is 10.2. The molecule has 1 aromatic heterocycles. The van der Waals surface area contributed by atoms with Gasteiger partial charge >= 0.3 is 0 Å². The Morgan fingerprint density at radius 1 is 0.944 bits per heavy atom. The zero-order valence-electron chi connectivity index (χ0n) is 9.78. The maximum absolute atomic E-state index is 5.70. The van der Waals surface area contributed by atoms with Gasteiger partial charge < -0.3 is 4.42 Å². The van der Waals surface area contributed by atoms with Crippen LogP contribution in [0.4, 0.5) is 0 Å². The average molecular weight is 236 g/mol. The van der Waals surface area contributed by atoms with Crippen molar-refractivity contribution in [2.24, 2.45) is 0 Å². The summed E-state index contributed by atoms with van der Waals surface area (Å²) in [5, 5.41) is 8.17. The molecule has 0 N–H and O–H groups in total. The fourth-order valence-electron chi connectivity index (χ4n) is 1.78. The first-order valence-corrected chi connectivity index (χ1v) is 5.86. The summed E-state index contributed by atoms with van der Waals surface area (Å²) in [6.07, 6.45) is 11.0. The third-order valence-electron chi connectivity index (χ3n) is 2.69. The molecule has 1 aliphatic carbocycles. The summed E-state index contributed by atoms with van der Waals surface area (Å²) in [7, 11) is 0. The Kier molecular flexibility index (Phi) is 2.88. The Morgan fingerprint density at radius 3 is 2.67 bits per heavy atom. The fraction of sp³-hybridized carbons (Fsp3) is 0.0667. The Morgan fingerprint density at radius 2 is 1.78 bits per heavy atom. The largest absolute Gasteiger partial charge is 0.416 e. The third kappa shape index (κ3) is 2.15. The second-order valence-electron chi connectivity index (χ2n) is 3.96. The number of nitrogens with zero attached hydrogens (tertiary/aromatic N) is 2. The highest BCUT2D eigenvalue weighted by Gasteiger charge is 2.10. The van der Waals surface area contributed by atoms with E-state index in [0.29, 0.717) is 11.8 Å². The molecule has 0 bridgehead atoms. The summed E-state index contributed by atoms with van der Waals surface area (Å²) in [4.78, 5) is 0. The monoisotopic (exact) mass is 236 g/mol. The van der Waals surface area contributed by atoms with Crippen molar-refractivity contribution in [1.29, 1.82) is 0 Å². The second-order valence-corrected chi connectivity index (χ2v) is 3.96. The van der Waals surface area contributed by atoms with Crippen molar-refractivity contribution in [1.82, 2.24) is 10.2 Å². The van der Waals surface area contributed by atoms with Crippen LogP contribution in [-0.4, -0.2) is 10.2 Å². The number of aromatic nitrogens is 2. The van der Waals surface area contributed by atoms with E-state index < -0.39 is 0 Å². The lowest BCUT2D eigenvalue weighted by Gasteiger charge is -1.94. The predicted molar refractivity (Wildman–Crippen MR) is 70.6 cm³/mol. The van der Waals surface area contributed by atoms with Crippen LogP contribution >= 0.6 is 0 Å². The molecule has 0 saturated carbocycles. The summed E-state index contributed by atoms with van der Waals surface area (Å²) in [6.45, 7) is 0. The van der Waals surface area contributed by atoms with Crippen molar-refractivity contribution >= 4 is 5.57 Å². The minimum atomic E-state index is 0.553. The van der Waals surface area contributed by atoms with Gasteiger partial charge in [0.1, 0.15) is 0 Å². The first-order chi connectivity index (χ1) is 8.93. The highest BCUT2D eigenvalue weighted by atomic mass is 16.4. The molecule has 18 heavy (non-hydrogen) atoms. The van der Waals surface area contributed by atoms with E-state index in [2.05, 4.69) is 22.3 Å². The first kappa shape index (κ1) is 10.7. The molecule has 0 amide bonds. The van der Waals surface area contributed by atoms with Crippen molar-refractivity contribution in [3.8, 4) is 11.5 Å². The van der Waals surface area contributed by atoms with E-state index in [0.717, 1.165) is 17.6 Å². The topological polar surface area (TPSA) is 38.9 Å². The van der Waals surface area contributed by atoms with E-state index in [1.807, 2.05) is 48.6 Å². The lowest BCUT2D eigenvalue weighted by molar-refractivity contribution is 0.554. The van der Waals surface area contributed by atoms with Gasteiger partial charge in [-0.3, -0.25) is 0 Å². The standard InChI is InChI=1S/C15H12N2O/c1-2-5-9-12(8-4-1)14-16-17-15(18-14)13-10-6-3-7-11-13/h1-4,6-11H,5H2. The molecule has 3 heteroatoms. The third-order valence-corrected chi connectivity index (χ3v) is 2.69. The van der Waals surface area contributed by atoms with Crippen LogP contribution in [0.5, 0.6) is 0 Å². The van der Waals surface area contributed by atoms with Gasteiger partial charge in [0.05, 0.1) is 0 Å². The number of allylic oxidation sites excluding steroid dienone is 6. The van der Waals surface area contributed by atoms with Gasteiger partial charge in [0.2, 0.25) is 11.8 Å². The van der Waals surface area contributed by atoms with Crippen LogP contribution in [0.25, 0.3) is 17.0 Å². The molecule has 0 fully saturated rings. The number of benzene rings is 1. The van der Waals surface area contributed by atoms with E-state index in [1.165, 1.54) is 0 Å². The first-order valence-electron chi connectivity index (χ1n) is 5.86. The van der Waals surface area contributed by atoms with E-state index in [4.69, 9.17) is 4.42 Å². The van der Waals surface area contributed by atoms with Gasteiger partial charge in [-0.05, 0) is 24.6 Å². The molecule has 0 atom stereocenters. The summed E-state index contributed by atoms with van der Waals surface area (Å²) >= 11 is 0. The zero-order valence-corrected chi connectivity index (χ0v) is 9.78. The predicted octanol–water partition coefficient (Wildman–Crippen LogP) is 3.64. The molecular weight excluding hydrogens is 224 g/mol. The Hall–Kier alpha value is -2.42. The van der Waals surface area contributed by atoms with Gasteiger partial charge in [-0.2, -0.15) is 0 Å². The van der Waals surface area contributed by atoms with Crippen LogP contribution in [-0.2, 0) is 0 Å². The number of rotatable bonds is 2. The molecule has 0 saturated heterocycles. The highest BCUT2D eigenvalue weighted by Crippen LogP contribution is 2.22. The van der Waals surface area contributed by atoms with Crippen molar-refractivity contribution in [2.75, 3.05) is 0 Å². The maximum atomic E-state index is 5.70. The smallest absolute Gasteiger partial charge is 0.248 e. The molecule has 0 spiro atoms. The van der Waals surface area contributed by atoms with E-state index in [-0.39, 0.29) is 0 Å². The van der Waals surface area contributed by atoms with Crippen LogP contribution in [0.2, 0.25) is 0 Å². The molecule has 1 aromatic carbocycles. The van der Waals surface area contributed by atoms with Crippen molar-refractivity contribution < 1.29 is 4.42 Å². The molecule has 3 nitrogen and oxygen atoms in total. The SMILES string of the molecule is C1=CCC=C(c2nnc(-c3ccccc3)o2)C=C1. The van der Waals surface area contributed by atoms with Crippen molar-refractivity contribution in [2.45, 2.75) is 6.42 Å². The van der Waals surface area contributed by atoms with Gasteiger partial charge in [0.25, 0.3) is 0 Å². The summed E-state index contributed by atoms with van der Waals surface area (Å²) in [5.41, 5.74) is 1.90. The Balaban J connectivity index is 1.93. The normalized spacial score (nSPS) is 14.3. The van der Waals surface area contributed by atoms with Crippen molar-refractivity contribution in [3.05, 3.63) is 66.6 Å². The van der Waals surface area contributed by atoms with Crippen LogP contribution in [0.3, 0.4) is 0 Å². The van der Waals surface area contributed by atoms with E-state index in [9.17, 15) is 0 Å². The number of hydrogen-bond acceptors (Lipinski definition) is 3. The van der Waals surface area contributed by atoms with Crippen LogP contribution in [0.1, 0.15) is 12.3 Å². The molecule has 3 rings (SSSR count). The minimum Gasteiger partial charge on any atom is -0.416 e. The van der Waals surface area contributed by atoms with Gasteiger partial charge in [-0.1, -0.05) is 42.5 Å². The quantitative estimate of drug-likeness (QED) is 0.799. The minimum absolute atomic E-state index is 0.553. The fourth-order valence-corrected chi connectivity index (χ4v) is 1.78. The second kappa shape index (κ2) is 4.84. The van der Waals surface area contributed by atoms with Gasteiger partial charge in [0.15, 0.2) is 0 Å². The molecule has 2 aromatic rings. The molecule has 1 heterocycles. The van der Waals surface area contributed by atoms with Gasteiger partial charge in [0, 0.05) is 11.1 Å². The van der Waals surface area contributed by atoms with Gasteiger partial charge in [-0.25, -0.2) is 0 Å². The molecule has 0 unspecified atom stereocenters. The van der Waals surface area contributed by atoms with E-state index in [1.54, 1.807) is 0 Å². The summed E-state index contributed by atoms with van der Waals surface area (Å²) in [5.74, 6) is 1.12. The van der Waals surface area contributed by atoms with E-state index >= 15 is 0 Å². The van der Waals surface area contributed by atoms with Crippen LogP contribution in [0, 0.1) is 0 Å². The summed E-state index contributed by atoms with van der Waals surface area (Å²) < 4.78 is 5.70. The van der Waals surface area contributed by atoms with Crippen LogP contribution < -0.4 is 0 Å².